The quantitative estimate of drug-likeness (QED) is 0.201. The monoisotopic (exact) mass is 910 g/mol. The Morgan fingerprint density at radius 2 is 1.17 bits per heavy atom. The lowest BCUT2D eigenvalue weighted by Gasteiger charge is -2.35. The van der Waals surface area contributed by atoms with Gasteiger partial charge in [-0.2, -0.15) is 0 Å². The largest absolute Gasteiger partial charge is 0.509 e. The number of amides is 2. The Kier molecular flexibility index (Phi) is 15.4. The molecule has 6 rings (SSSR count). The van der Waals surface area contributed by atoms with Crippen molar-refractivity contribution in [2.24, 2.45) is 0 Å². The van der Waals surface area contributed by atoms with Crippen LogP contribution in [0.5, 0.6) is 0 Å². The molecule has 2 heterocycles. The van der Waals surface area contributed by atoms with Crippen molar-refractivity contribution < 1.29 is 28.9 Å². The number of hydrogen-bond donors (Lipinski definition) is 3. The summed E-state index contributed by atoms with van der Waals surface area (Å²) in [6.45, 7) is 8.26. The molecule has 4 aliphatic rings. The van der Waals surface area contributed by atoms with Crippen LogP contribution in [0.2, 0.25) is 0 Å². The topological polar surface area (TPSA) is 106 Å². The van der Waals surface area contributed by atoms with E-state index in [0.717, 1.165) is 107 Å². The summed E-state index contributed by atoms with van der Waals surface area (Å²) in [5.74, 6) is 0.628. The number of rotatable bonds is 5. The third-order valence-corrected chi connectivity index (χ3v) is 12.2. The molecule has 13 heteroatoms. The SMILES string of the molecule is CCc1cc(C)cc(Br)c1C1=C(O)C2(CCCCC2)NC1=O.CCc1cc(C)cc(Br)c1C1=C(OC(=S)OC)C2(CCCCC2)NC1=O.COC(=S)Cl. The van der Waals surface area contributed by atoms with Crippen LogP contribution in [0.4, 0.5) is 0 Å². The number of thiocarbonyl (C=S) groups is 2. The summed E-state index contributed by atoms with van der Waals surface area (Å²) in [5, 5.41) is 17.2. The Labute approximate surface area is 346 Å². The van der Waals surface area contributed by atoms with Crippen LogP contribution in [0.15, 0.2) is 44.7 Å². The van der Waals surface area contributed by atoms with E-state index in [1.807, 2.05) is 19.1 Å². The molecule has 2 aromatic carbocycles. The molecule has 53 heavy (non-hydrogen) atoms. The molecule has 0 atom stereocenters. The van der Waals surface area contributed by atoms with Gasteiger partial charge in [-0.05, 0) is 111 Å². The molecule has 0 bridgehead atoms. The maximum atomic E-state index is 13.1. The number of aliphatic hydroxyl groups is 1. The third-order valence-electron chi connectivity index (χ3n) is 10.3. The van der Waals surface area contributed by atoms with E-state index in [-0.39, 0.29) is 27.3 Å². The molecule has 2 spiro atoms. The van der Waals surface area contributed by atoms with E-state index in [1.165, 1.54) is 27.1 Å². The second kappa shape index (κ2) is 18.9. The number of halogens is 3. The Hall–Kier alpha value is -2.51. The summed E-state index contributed by atoms with van der Waals surface area (Å²) < 4.78 is 17.1. The summed E-state index contributed by atoms with van der Waals surface area (Å²) in [7, 11) is 2.91. The summed E-state index contributed by atoms with van der Waals surface area (Å²) in [5.41, 5.74) is 6.29. The summed E-state index contributed by atoms with van der Waals surface area (Å²) in [6, 6.07) is 8.26. The Bertz CT molecular complexity index is 1820. The number of carbonyl (C=O) groups is 2. The molecule has 3 N–H and O–H groups in total. The van der Waals surface area contributed by atoms with Crippen LogP contribution >= 0.6 is 67.9 Å². The zero-order valence-electron chi connectivity index (χ0n) is 31.2. The summed E-state index contributed by atoms with van der Waals surface area (Å²) in [6.07, 6.45) is 11.6. The molecule has 0 saturated heterocycles. The molecular formula is C40H49Br2ClN2O6S2. The first-order valence-electron chi connectivity index (χ1n) is 18.1. The van der Waals surface area contributed by atoms with Gasteiger partial charge in [0.05, 0.1) is 36.4 Å². The maximum absolute atomic E-state index is 13.1. The van der Waals surface area contributed by atoms with E-state index in [1.54, 1.807) is 0 Å². The number of aryl methyl sites for hydroxylation is 4. The van der Waals surface area contributed by atoms with Crippen LogP contribution in [-0.4, -0.2) is 52.0 Å². The standard InChI is InChI=1S/C20H24BrNO3S.C18H22BrNO2.C2H3ClOS/c1-4-13-10-12(2)11-14(21)15(13)16-17(25-19(26)24-3)20(22-18(16)23)8-6-5-7-9-20;1-3-12-9-11(2)10-13(19)14(12)15-16(21)18(20-17(15)22)7-5-4-6-8-18;1-4-2(3)5/h10-11H,4-9H2,1-3H3,(H,22,23);9-10,21H,3-8H2,1-2H3,(H,20,22);1H3. The fourth-order valence-electron chi connectivity index (χ4n) is 7.87. The Morgan fingerprint density at radius 3 is 1.60 bits per heavy atom. The molecule has 8 nitrogen and oxygen atoms in total. The molecular weight excluding hydrogens is 864 g/mol. The van der Waals surface area contributed by atoms with Crippen molar-refractivity contribution >= 4 is 101 Å². The molecule has 2 saturated carbocycles. The van der Waals surface area contributed by atoms with Crippen molar-refractivity contribution in [1.29, 1.82) is 0 Å². The highest BCUT2D eigenvalue weighted by atomic mass is 79.9. The van der Waals surface area contributed by atoms with E-state index >= 15 is 0 Å². The average Bonchev–Trinajstić information content (AvgIpc) is 3.51. The first-order valence-corrected chi connectivity index (χ1v) is 20.9. The number of aliphatic hydroxyl groups excluding tert-OH is 1. The van der Waals surface area contributed by atoms with Gasteiger partial charge in [-0.1, -0.05) is 96.4 Å². The van der Waals surface area contributed by atoms with Crippen LogP contribution in [0.25, 0.3) is 11.1 Å². The number of benzene rings is 2. The van der Waals surface area contributed by atoms with E-state index in [0.29, 0.717) is 16.9 Å². The predicted octanol–water partition coefficient (Wildman–Crippen LogP) is 10.4. The van der Waals surface area contributed by atoms with Gasteiger partial charge in [0.25, 0.3) is 16.3 Å². The first kappa shape index (κ1) is 43.2. The highest BCUT2D eigenvalue weighted by Gasteiger charge is 2.49. The van der Waals surface area contributed by atoms with Crippen LogP contribution in [-0.2, 0) is 36.6 Å². The predicted molar refractivity (Wildman–Crippen MR) is 227 cm³/mol. The lowest BCUT2D eigenvalue weighted by atomic mass is 9.80. The number of carbonyl (C=O) groups excluding carboxylic acids is 2. The minimum atomic E-state index is -0.528. The zero-order chi connectivity index (χ0) is 39.1. The highest BCUT2D eigenvalue weighted by molar-refractivity contribution is 9.10. The van der Waals surface area contributed by atoms with Crippen molar-refractivity contribution in [2.75, 3.05) is 14.2 Å². The van der Waals surface area contributed by atoms with Gasteiger partial charge in [0.15, 0.2) is 0 Å². The van der Waals surface area contributed by atoms with Gasteiger partial charge in [0.2, 0.25) is 0 Å². The Balaban J connectivity index is 0.000000212. The van der Waals surface area contributed by atoms with Gasteiger partial charge in [0, 0.05) is 32.3 Å². The second-order valence-electron chi connectivity index (χ2n) is 13.9. The van der Waals surface area contributed by atoms with E-state index < -0.39 is 11.1 Å². The zero-order valence-corrected chi connectivity index (χ0v) is 36.8. The number of ether oxygens (including phenoxy) is 3. The van der Waals surface area contributed by atoms with Crippen molar-refractivity contribution in [3.63, 3.8) is 0 Å². The molecule has 0 aromatic heterocycles. The minimum absolute atomic E-state index is 0.0419. The van der Waals surface area contributed by atoms with Crippen molar-refractivity contribution in [2.45, 2.75) is 116 Å². The first-order chi connectivity index (χ1) is 25.2. The van der Waals surface area contributed by atoms with Crippen molar-refractivity contribution in [1.82, 2.24) is 10.6 Å². The fourth-order valence-corrected chi connectivity index (χ4v) is 9.58. The Morgan fingerprint density at radius 1 is 0.755 bits per heavy atom. The van der Waals surface area contributed by atoms with Crippen molar-refractivity contribution in [3.8, 4) is 0 Å². The van der Waals surface area contributed by atoms with Gasteiger partial charge in [-0.25, -0.2) is 0 Å². The van der Waals surface area contributed by atoms with Gasteiger partial charge in [-0.3, -0.25) is 9.59 Å². The number of methoxy groups -OCH3 is 2. The normalized spacial score (nSPS) is 18.4. The summed E-state index contributed by atoms with van der Waals surface area (Å²) >= 11 is 21.6. The second-order valence-corrected chi connectivity index (χ2v) is 16.9. The van der Waals surface area contributed by atoms with Crippen LogP contribution in [0.1, 0.15) is 111 Å². The van der Waals surface area contributed by atoms with Crippen LogP contribution in [0.3, 0.4) is 0 Å². The third kappa shape index (κ3) is 9.66. The average molecular weight is 913 g/mol. The van der Waals surface area contributed by atoms with E-state index in [9.17, 15) is 14.7 Å². The smallest absolute Gasteiger partial charge is 0.357 e. The molecule has 2 fully saturated rings. The highest BCUT2D eigenvalue weighted by Crippen LogP contribution is 2.46. The fraction of sp³-hybridized carbons (Fsp3) is 0.500. The molecule has 288 valence electrons. The van der Waals surface area contributed by atoms with Gasteiger partial charge < -0.3 is 30.0 Å². The molecule has 2 aromatic rings. The van der Waals surface area contributed by atoms with Crippen molar-refractivity contribution in [3.05, 3.63) is 78.1 Å². The lowest BCUT2D eigenvalue weighted by Crippen LogP contribution is -2.46. The maximum Gasteiger partial charge on any atom is 0.357 e. The minimum Gasteiger partial charge on any atom is -0.509 e. The lowest BCUT2D eigenvalue weighted by molar-refractivity contribution is -0.117. The molecule has 2 aliphatic carbocycles. The molecule has 2 aliphatic heterocycles. The summed E-state index contributed by atoms with van der Waals surface area (Å²) in [4.78, 5) is 25.7. The van der Waals surface area contributed by atoms with E-state index in [2.05, 4.69) is 92.4 Å². The number of hydrogen-bond acceptors (Lipinski definition) is 8. The number of nitrogens with one attached hydrogen (secondary N) is 2. The molecule has 2 amide bonds. The van der Waals surface area contributed by atoms with Gasteiger partial charge in [0.1, 0.15) is 11.5 Å². The molecule has 0 unspecified atom stereocenters. The van der Waals surface area contributed by atoms with E-state index in [4.69, 9.17) is 33.3 Å². The molecule has 0 radical (unpaired) electrons. The van der Waals surface area contributed by atoms with Crippen LogP contribution in [0, 0.1) is 13.8 Å². The van der Waals surface area contributed by atoms with Gasteiger partial charge in [-0.15, -0.1) is 0 Å². The van der Waals surface area contributed by atoms with Gasteiger partial charge >= 0.3 is 5.24 Å². The van der Waals surface area contributed by atoms with Crippen LogP contribution < -0.4 is 10.6 Å².